The largest absolute Gasteiger partial charge is 0.481 e. The van der Waals surface area contributed by atoms with Crippen LogP contribution in [0, 0.1) is 5.92 Å². The van der Waals surface area contributed by atoms with E-state index in [-0.39, 0.29) is 17.9 Å². The Morgan fingerprint density at radius 3 is 2.75 bits per heavy atom. The van der Waals surface area contributed by atoms with Gasteiger partial charge < -0.3 is 10.0 Å². The van der Waals surface area contributed by atoms with Crippen LogP contribution in [0.5, 0.6) is 0 Å². The Bertz CT molecular complexity index is 554. The van der Waals surface area contributed by atoms with Gasteiger partial charge in [0.25, 0.3) is 0 Å². The average molecular weight is 273 g/mol. The molecule has 2 aliphatic rings. The van der Waals surface area contributed by atoms with Crippen molar-refractivity contribution < 1.29 is 14.7 Å². The lowest BCUT2D eigenvalue weighted by Crippen LogP contribution is -2.51. The predicted octanol–water partition coefficient (Wildman–Crippen LogP) is 2.04. The van der Waals surface area contributed by atoms with E-state index < -0.39 is 11.9 Å². The molecule has 0 spiro atoms. The molecule has 1 unspecified atom stereocenters. The van der Waals surface area contributed by atoms with Crippen molar-refractivity contribution in [1.29, 1.82) is 0 Å². The van der Waals surface area contributed by atoms with Gasteiger partial charge in [-0.2, -0.15) is 0 Å². The molecule has 1 aromatic carbocycles. The third kappa shape index (κ3) is 1.99. The van der Waals surface area contributed by atoms with E-state index in [0.717, 1.165) is 18.4 Å². The zero-order valence-corrected chi connectivity index (χ0v) is 11.6. The highest BCUT2D eigenvalue weighted by molar-refractivity contribution is 5.88. The number of nitrogens with zero attached hydrogens (tertiary/aromatic N) is 1. The van der Waals surface area contributed by atoms with Crippen LogP contribution in [0.2, 0.25) is 0 Å². The van der Waals surface area contributed by atoms with Gasteiger partial charge in [0.2, 0.25) is 5.91 Å². The van der Waals surface area contributed by atoms with Gasteiger partial charge in [0.1, 0.15) is 0 Å². The predicted molar refractivity (Wildman–Crippen MR) is 74.4 cm³/mol. The number of carboxylic acids is 1. The van der Waals surface area contributed by atoms with Gasteiger partial charge >= 0.3 is 5.97 Å². The second-order valence-electron chi connectivity index (χ2n) is 5.81. The van der Waals surface area contributed by atoms with E-state index in [1.54, 1.807) is 4.90 Å². The topological polar surface area (TPSA) is 57.6 Å². The molecule has 1 N–H and O–H groups in total. The van der Waals surface area contributed by atoms with E-state index in [1.165, 1.54) is 5.56 Å². The molecule has 1 amide bonds. The Hall–Kier alpha value is -1.84. The molecule has 4 nitrogen and oxygen atoms in total. The van der Waals surface area contributed by atoms with Gasteiger partial charge in [0, 0.05) is 12.6 Å². The number of aliphatic carboxylic acids is 1. The molecule has 0 aromatic heterocycles. The Balaban J connectivity index is 1.77. The van der Waals surface area contributed by atoms with Crippen molar-refractivity contribution in [1.82, 2.24) is 4.90 Å². The Morgan fingerprint density at radius 2 is 2.05 bits per heavy atom. The Morgan fingerprint density at radius 1 is 1.30 bits per heavy atom. The van der Waals surface area contributed by atoms with E-state index in [9.17, 15) is 14.7 Å². The first-order chi connectivity index (χ1) is 9.59. The van der Waals surface area contributed by atoms with Crippen LogP contribution in [0.25, 0.3) is 0 Å². The molecule has 1 fully saturated rings. The highest BCUT2D eigenvalue weighted by Crippen LogP contribution is 2.38. The lowest BCUT2D eigenvalue weighted by molar-refractivity contribution is -0.149. The monoisotopic (exact) mass is 273 g/mol. The molecular weight excluding hydrogens is 254 g/mol. The summed E-state index contributed by atoms with van der Waals surface area (Å²) in [4.78, 5) is 25.7. The number of amides is 1. The van der Waals surface area contributed by atoms with Crippen molar-refractivity contribution >= 4 is 11.9 Å². The Kier molecular flexibility index (Phi) is 3.24. The molecular formula is C16H19NO3. The van der Waals surface area contributed by atoms with E-state index in [1.807, 2.05) is 25.1 Å². The summed E-state index contributed by atoms with van der Waals surface area (Å²) in [7, 11) is 0. The van der Waals surface area contributed by atoms with Crippen LogP contribution in [0.1, 0.15) is 36.8 Å². The normalized spacial score (nSPS) is 28.4. The maximum absolute atomic E-state index is 12.7. The first-order valence-electron chi connectivity index (χ1n) is 7.20. The molecule has 4 heteroatoms. The molecule has 3 atom stereocenters. The van der Waals surface area contributed by atoms with Gasteiger partial charge in [-0.05, 0) is 37.3 Å². The number of likely N-dealkylation sites (tertiary alicyclic amines) is 1. The van der Waals surface area contributed by atoms with Gasteiger partial charge in [-0.1, -0.05) is 24.3 Å². The number of fused-ring (bicyclic) bond motifs is 1. The van der Waals surface area contributed by atoms with Gasteiger partial charge in [-0.15, -0.1) is 0 Å². The quantitative estimate of drug-likeness (QED) is 0.897. The first-order valence-corrected chi connectivity index (χ1v) is 7.20. The summed E-state index contributed by atoms with van der Waals surface area (Å²) in [5.41, 5.74) is 2.35. The molecule has 1 saturated heterocycles. The van der Waals surface area contributed by atoms with E-state index in [0.29, 0.717) is 13.0 Å². The molecule has 0 saturated carbocycles. The minimum Gasteiger partial charge on any atom is -0.481 e. The third-order valence-corrected chi connectivity index (χ3v) is 4.74. The third-order valence-electron chi connectivity index (χ3n) is 4.74. The lowest BCUT2D eigenvalue weighted by Gasteiger charge is -2.41. The highest BCUT2D eigenvalue weighted by Gasteiger charge is 2.40. The van der Waals surface area contributed by atoms with Crippen molar-refractivity contribution in [2.45, 2.75) is 38.1 Å². The van der Waals surface area contributed by atoms with Crippen LogP contribution in [0.4, 0.5) is 0 Å². The van der Waals surface area contributed by atoms with E-state index in [4.69, 9.17) is 0 Å². The summed E-state index contributed by atoms with van der Waals surface area (Å²) in [6.45, 7) is 2.54. The van der Waals surface area contributed by atoms with Crippen LogP contribution in [-0.2, 0) is 16.0 Å². The molecule has 3 rings (SSSR count). The van der Waals surface area contributed by atoms with Crippen molar-refractivity contribution in [3.05, 3.63) is 35.4 Å². The van der Waals surface area contributed by atoms with Crippen molar-refractivity contribution in [3.8, 4) is 0 Å². The average Bonchev–Trinajstić information content (AvgIpc) is 2.40. The lowest BCUT2D eigenvalue weighted by atomic mass is 9.76. The SMILES string of the molecule is C[C@@H]1[C@H](C(=O)O)CCCN1C(=O)C1Cc2ccccc21. The van der Waals surface area contributed by atoms with Gasteiger partial charge in [-0.25, -0.2) is 0 Å². The number of benzene rings is 1. The summed E-state index contributed by atoms with van der Waals surface area (Å²) < 4.78 is 0. The fraction of sp³-hybridized carbons (Fsp3) is 0.500. The number of hydrogen-bond donors (Lipinski definition) is 1. The molecule has 20 heavy (non-hydrogen) atoms. The Labute approximate surface area is 118 Å². The van der Waals surface area contributed by atoms with Gasteiger partial charge in [-0.3, -0.25) is 9.59 Å². The van der Waals surface area contributed by atoms with Crippen molar-refractivity contribution in [2.24, 2.45) is 5.92 Å². The van der Waals surface area contributed by atoms with Crippen LogP contribution in [-0.4, -0.2) is 34.5 Å². The van der Waals surface area contributed by atoms with Crippen molar-refractivity contribution in [3.63, 3.8) is 0 Å². The zero-order chi connectivity index (χ0) is 14.3. The smallest absolute Gasteiger partial charge is 0.308 e. The molecule has 0 bridgehead atoms. The van der Waals surface area contributed by atoms with Crippen LogP contribution in [0.15, 0.2) is 24.3 Å². The number of carboxylic acid groups (broad SMARTS) is 1. The summed E-state index contributed by atoms with van der Waals surface area (Å²) in [5.74, 6) is -1.18. The highest BCUT2D eigenvalue weighted by atomic mass is 16.4. The molecule has 1 aliphatic carbocycles. The van der Waals surface area contributed by atoms with Crippen LogP contribution < -0.4 is 0 Å². The maximum atomic E-state index is 12.7. The summed E-state index contributed by atoms with van der Waals surface area (Å²) in [6.07, 6.45) is 2.24. The minimum absolute atomic E-state index is 0.0683. The summed E-state index contributed by atoms with van der Waals surface area (Å²) in [5, 5.41) is 9.24. The minimum atomic E-state index is -0.788. The second kappa shape index (κ2) is 4.93. The fourth-order valence-electron chi connectivity index (χ4n) is 3.46. The number of carbonyl (C=O) groups excluding carboxylic acids is 1. The fourth-order valence-corrected chi connectivity index (χ4v) is 3.46. The number of rotatable bonds is 2. The zero-order valence-electron chi connectivity index (χ0n) is 11.6. The molecule has 1 aromatic rings. The molecule has 0 radical (unpaired) electrons. The van der Waals surface area contributed by atoms with E-state index >= 15 is 0 Å². The van der Waals surface area contributed by atoms with E-state index in [2.05, 4.69) is 6.07 Å². The standard InChI is InChI=1S/C16H19NO3/c1-10-12(16(19)20)7-4-8-17(10)15(18)14-9-11-5-2-3-6-13(11)14/h2-3,5-6,10,12,14H,4,7-9H2,1H3,(H,19,20)/t10-,12-,14?/m1/s1. The van der Waals surface area contributed by atoms with Gasteiger partial charge in [0.05, 0.1) is 11.8 Å². The molecule has 1 aliphatic heterocycles. The molecule has 106 valence electrons. The van der Waals surface area contributed by atoms with Gasteiger partial charge in [0.15, 0.2) is 0 Å². The summed E-state index contributed by atoms with van der Waals surface area (Å²) >= 11 is 0. The number of hydrogen-bond acceptors (Lipinski definition) is 2. The number of carbonyl (C=O) groups is 2. The summed E-state index contributed by atoms with van der Waals surface area (Å²) in [6, 6.07) is 7.80. The molecule has 1 heterocycles. The second-order valence-corrected chi connectivity index (χ2v) is 5.81. The maximum Gasteiger partial charge on any atom is 0.308 e. The van der Waals surface area contributed by atoms with Crippen LogP contribution >= 0.6 is 0 Å². The first kappa shape index (κ1) is 13.2. The van der Waals surface area contributed by atoms with Crippen molar-refractivity contribution in [2.75, 3.05) is 6.54 Å². The van der Waals surface area contributed by atoms with Crippen LogP contribution in [0.3, 0.4) is 0 Å². The number of piperidine rings is 1.